The molecule has 4 heteroatoms. The summed E-state index contributed by atoms with van der Waals surface area (Å²) >= 11 is 7.44. The van der Waals surface area contributed by atoms with Crippen LogP contribution in [0.25, 0.3) is 0 Å². The van der Waals surface area contributed by atoms with E-state index in [0.717, 1.165) is 12.0 Å². The van der Waals surface area contributed by atoms with E-state index in [4.69, 9.17) is 11.6 Å². The molecule has 0 radical (unpaired) electrons. The Balaban J connectivity index is 1.95. The lowest BCUT2D eigenvalue weighted by Crippen LogP contribution is -1.99. The van der Waals surface area contributed by atoms with Gasteiger partial charge in [0.25, 0.3) is 0 Å². The Bertz CT molecular complexity index is 444. The molecule has 0 aliphatic carbocycles. The Hall–Kier alpha value is -0.900. The SMILES string of the molecule is OC(CCc1ccsc1)c1ccnc(Cl)c1. The van der Waals surface area contributed by atoms with Crippen molar-refractivity contribution in [2.75, 3.05) is 0 Å². The quantitative estimate of drug-likeness (QED) is 0.847. The summed E-state index contributed by atoms with van der Waals surface area (Å²) in [6.07, 6.45) is 2.73. The molecule has 0 bridgehead atoms. The van der Waals surface area contributed by atoms with Crippen LogP contribution < -0.4 is 0 Å². The second kappa shape index (κ2) is 5.43. The van der Waals surface area contributed by atoms with Gasteiger partial charge in [0.1, 0.15) is 5.15 Å². The van der Waals surface area contributed by atoms with Crippen molar-refractivity contribution >= 4 is 22.9 Å². The molecule has 1 unspecified atom stereocenters. The fraction of sp³-hybridized carbons (Fsp3) is 0.250. The fourth-order valence-corrected chi connectivity index (χ4v) is 2.42. The molecule has 0 aromatic carbocycles. The summed E-state index contributed by atoms with van der Waals surface area (Å²) in [6.45, 7) is 0. The molecule has 0 aliphatic heterocycles. The molecule has 2 aromatic rings. The van der Waals surface area contributed by atoms with Gasteiger partial charge in [-0.1, -0.05) is 11.6 Å². The zero-order chi connectivity index (χ0) is 11.4. The van der Waals surface area contributed by atoms with E-state index in [0.29, 0.717) is 11.6 Å². The maximum atomic E-state index is 9.96. The number of aromatic nitrogens is 1. The topological polar surface area (TPSA) is 33.1 Å². The third-order valence-electron chi connectivity index (χ3n) is 2.42. The molecule has 0 spiro atoms. The van der Waals surface area contributed by atoms with E-state index in [1.54, 1.807) is 29.7 Å². The molecular formula is C12H12ClNOS. The van der Waals surface area contributed by atoms with Gasteiger partial charge in [0.15, 0.2) is 0 Å². The zero-order valence-corrected chi connectivity index (χ0v) is 10.2. The van der Waals surface area contributed by atoms with E-state index in [-0.39, 0.29) is 0 Å². The molecule has 84 valence electrons. The number of aliphatic hydroxyl groups excluding tert-OH is 1. The first-order valence-corrected chi connectivity index (χ1v) is 6.38. The molecule has 0 saturated carbocycles. The van der Waals surface area contributed by atoms with E-state index in [9.17, 15) is 5.11 Å². The Labute approximate surface area is 104 Å². The molecule has 2 heterocycles. The highest BCUT2D eigenvalue weighted by atomic mass is 35.5. The molecule has 0 fully saturated rings. The molecule has 2 aromatic heterocycles. The van der Waals surface area contributed by atoms with E-state index < -0.39 is 6.10 Å². The number of aryl methyl sites for hydroxylation is 1. The van der Waals surface area contributed by atoms with Crippen molar-refractivity contribution in [3.8, 4) is 0 Å². The molecule has 2 rings (SSSR count). The van der Waals surface area contributed by atoms with Crippen LogP contribution in [0.3, 0.4) is 0 Å². The molecule has 0 amide bonds. The van der Waals surface area contributed by atoms with E-state index in [1.807, 2.05) is 5.38 Å². The van der Waals surface area contributed by atoms with Gasteiger partial charge in [0.05, 0.1) is 6.10 Å². The molecule has 1 atom stereocenters. The second-order valence-corrected chi connectivity index (χ2v) is 4.77. The summed E-state index contributed by atoms with van der Waals surface area (Å²) < 4.78 is 0. The van der Waals surface area contributed by atoms with Crippen LogP contribution >= 0.6 is 22.9 Å². The normalized spacial score (nSPS) is 12.6. The van der Waals surface area contributed by atoms with Crippen LogP contribution in [-0.2, 0) is 6.42 Å². The Kier molecular flexibility index (Phi) is 3.93. The van der Waals surface area contributed by atoms with Crippen molar-refractivity contribution in [2.24, 2.45) is 0 Å². The first-order chi connectivity index (χ1) is 7.75. The number of hydrogen-bond donors (Lipinski definition) is 1. The van der Waals surface area contributed by atoms with Crippen molar-refractivity contribution in [1.29, 1.82) is 0 Å². The Morgan fingerprint density at radius 2 is 2.31 bits per heavy atom. The minimum absolute atomic E-state index is 0.423. The van der Waals surface area contributed by atoms with Crippen molar-refractivity contribution in [2.45, 2.75) is 18.9 Å². The predicted octanol–water partition coefficient (Wildman–Crippen LogP) is 3.46. The number of pyridine rings is 1. The van der Waals surface area contributed by atoms with E-state index in [1.165, 1.54) is 5.56 Å². The summed E-state index contributed by atoms with van der Waals surface area (Å²) in [6, 6.07) is 5.58. The van der Waals surface area contributed by atoms with Gasteiger partial charge in [-0.2, -0.15) is 11.3 Å². The Morgan fingerprint density at radius 3 is 3.00 bits per heavy atom. The largest absolute Gasteiger partial charge is 0.388 e. The zero-order valence-electron chi connectivity index (χ0n) is 8.64. The minimum Gasteiger partial charge on any atom is -0.388 e. The van der Waals surface area contributed by atoms with Crippen molar-refractivity contribution < 1.29 is 5.11 Å². The number of hydrogen-bond acceptors (Lipinski definition) is 3. The van der Waals surface area contributed by atoms with Crippen LogP contribution in [-0.4, -0.2) is 10.1 Å². The lowest BCUT2D eigenvalue weighted by atomic mass is 10.0. The van der Waals surface area contributed by atoms with Crippen LogP contribution in [0.15, 0.2) is 35.2 Å². The number of thiophene rings is 1. The minimum atomic E-state index is -0.472. The molecule has 0 aliphatic rings. The molecule has 16 heavy (non-hydrogen) atoms. The lowest BCUT2D eigenvalue weighted by molar-refractivity contribution is 0.168. The van der Waals surface area contributed by atoms with E-state index >= 15 is 0 Å². The first-order valence-electron chi connectivity index (χ1n) is 5.06. The number of halogens is 1. The maximum absolute atomic E-state index is 9.96. The summed E-state index contributed by atoms with van der Waals surface area (Å²) in [7, 11) is 0. The predicted molar refractivity (Wildman–Crippen MR) is 66.8 cm³/mol. The smallest absolute Gasteiger partial charge is 0.129 e. The summed E-state index contributed by atoms with van der Waals surface area (Å²) in [5, 5.41) is 14.5. The summed E-state index contributed by atoms with van der Waals surface area (Å²) in [4.78, 5) is 3.89. The maximum Gasteiger partial charge on any atom is 0.129 e. The van der Waals surface area contributed by atoms with Gasteiger partial charge < -0.3 is 5.11 Å². The first kappa shape index (κ1) is 11.6. The highest BCUT2D eigenvalue weighted by Gasteiger charge is 2.08. The number of nitrogens with zero attached hydrogens (tertiary/aromatic N) is 1. The number of aliphatic hydroxyl groups is 1. The van der Waals surface area contributed by atoms with Gasteiger partial charge in [-0.25, -0.2) is 4.98 Å². The average Bonchev–Trinajstić information content (AvgIpc) is 2.78. The third kappa shape index (κ3) is 3.04. The standard InChI is InChI=1S/C12H12ClNOS/c13-12-7-10(3-5-14-12)11(15)2-1-9-4-6-16-8-9/h3-8,11,15H,1-2H2. The lowest BCUT2D eigenvalue weighted by Gasteiger charge is -2.10. The fourth-order valence-electron chi connectivity index (χ4n) is 1.53. The van der Waals surface area contributed by atoms with Gasteiger partial charge in [0.2, 0.25) is 0 Å². The van der Waals surface area contributed by atoms with Crippen LogP contribution in [0.4, 0.5) is 0 Å². The van der Waals surface area contributed by atoms with Crippen LogP contribution in [0.1, 0.15) is 23.7 Å². The highest BCUT2D eigenvalue weighted by Crippen LogP contribution is 2.21. The van der Waals surface area contributed by atoms with Gasteiger partial charge in [-0.05, 0) is 52.9 Å². The monoisotopic (exact) mass is 253 g/mol. The summed E-state index contributed by atoms with van der Waals surface area (Å²) in [5.74, 6) is 0. The highest BCUT2D eigenvalue weighted by molar-refractivity contribution is 7.07. The molecule has 1 N–H and O–H groups in total. The molecule has 2 nitrogen and oxygen atoms in total. The van der Waals surface area contributed by atoms with Crippen LogP contribution in [0, 0.1) is 0 Å². The van der Waals surface area contributed by atoms with Gasteiger partial charge in [0, 0.05) is 6.20 Å². The molecular weight excluding hydrogens is 242 g/mol. The average molecular weight is 254 g/mol. The van der Waals surface area contributed by atoms with Gasteiger partial charge in [-0.3, -0.25) is 0 Å². The van der Waals surface area contributed by atoms with Crippen molar-refractivity contribution in [3.63, 3.8) is 0 Å². The van der Waals surface area contributed by atoms with Crippen LogP contribution in [0.2, 0.25) is 5.15 Å². The second-order valence-electron chi connectivity index (χ2n) is 3.60. The number of rotatable bonds is 4. The van der Waals surface area contributed by atoms with E-state index in [2.05, 4.69) is 16.4 Å². The Morgan fingerprint density at radius 1 is 1.44 bits per heavy atom. The van der Waals surface area contributed by atoms with Crippen molar-refractivity contribution in [1.82, 2.24) is 4.98 Å². The third-order valence-corrected chi connectivity index (χ3v) is 3.36. The molecule has 0 saturated heterocycles. The van der Waals surface area contributed by atoms with Gasteiger partial charge in [-0.15, -0.1) is 0 Å². The summed E-state index contributed by atoms with van der Waals surface area (Å²) in [5.41, 5.74) is 2.10. The van der Waals surface area contributed by atoms with Crippen LogP contribution in [0.5, 0.6) is 0 Å². The van der Waals surface area contributed by atoms with Gasteiger partial charge >= 0.3 is 0 Å². The van der Waals surface area contributed by atoms with Crippen molar-refractivity contribution in [3.05, 3.63) is 51.4 Å².